The summed E-state index contributed by atoms with van der Waals surface area (Å²) >= 11 is 0. The molecule has 29 heavy (non-hydrogen) atoms. The number of ether oxygens (including phenoxy) is 1. The average Bonchev–Trinajstić information content (AvgIpc) is 2.66. The molecule has 2 aromatic rings. The van der Waals surface area contributed by atoms with Crippen molar-refractivity contribution < 1.29 is 19.4 Å². The van der Waals surface area contributed by atoms with E-state index in [4.69, 9.17) is 4.74 Å². The molecule has 0 aliphatic heterocycles. The Morgan fingerprint density at radius 2 is 1.69 bits per heavy atom. The predicted molar refractivity (Wildman–Crippen MR) is 110 cm³/mol. The van der Waals surface area contributed by atoms with E-state index in [0.29, 0.717) is 0 Å². The van der Waals surface area contributed by atoms with Crippen LogP contribution >= 0.6 is 0 Å². The second-order valence-electron chi connectivity index (χ2n) is 8.60. The molecule has 0 saturated heterocycles. The van der Waals surface area contributed by atoms with Gasteiger partial charge in [-0.2, -0.15) is 0 Å². The quantitative estimate of drug-likeness (QED) is 0.695. The van der Waals surface area contributed by atoms with Gasteiger partial charge in [-0.25, -0.2) is 9.59 Å². The largest absolute Gasteiger partial charge is 0.480 e. The molecule has 5 heteroatoms. The van der Waals surface area contributed by atoms with E-state index < -0.39 is 18.1 Å². The van der Waals surface area contributed by atoms with Gasteiger partial charge >= 0.3 is 12.1 Å². The number of carboxylic acid groups (broad SMARTS) is 1. The molecule has 3 fully saturated rings. The van der Waals surface area contributed by atoms with Crippen LogP contribution in [-0.4, -0.2) is 23.2 Å². The molecule has 2 bridgehead atoms. The van der Waals surface area contributed by atoms with Crippen molar-refractivity contribution in [3.63, 3.8) is 0 Å². The van der Waals surface area contributed by atoms with E-state index in [-0.39, 0.29) is 17.4 Å². The molecule has 3 aliphatic rings. The maximum absolute atomic E-state index is 12.2. The molecule has 1 unspecified atom stereocenters. The van der Waals surface area contributed by atoms with Crippen molar-refractivity contribution in [1.29, 1.82) is 0 Å². The van der Waals surface area contributed by atoms with E-state index in [1.165, 1.54) is 11.1 Å². The van der Waals surface area contributed by atoms with E-state index in [1.54, 1.807) is 0 Å². The van der Waals surface area contributed by atoms with E-state index in [1.807, 2.05) is 30.3 Å². The number of aryl methyl sites for hydroxylation is 1. The summed E-state index contributed by atoms with van der Waals surface area (Å²) < 4.78 is 5.22. The standard InChI is InChI=1S/C24H27NO4/c1-2-6-17-9-11-19(12-10-17)23-14-24(15-23,16-23)20(21(26)27)25-22(28)29-13-18-7-4-3-5-8-18/h3-5,7-12,20H,2,6,13-16H2,1H3,(H,25,28)(H,26,27). The van der Waals surface area contributed by atoms with Gasteiger partial charge < -0.3 is 15.2 Å². The Kier molecular flexibility index (Phi) is 5.07. The Labute approximate surface area is 171 Å². The van der Waals surface area contributed by atoms with Crippen LogP contribution in [0, 0.1) is 5.41 Å². The van der Waals surface area contributed by atoms with E-state index in [2.05, 4.69) is 36.5 Å². The van der Waals surface area contributed by atoms with Crippen LogP contribution in [0.1, 0.15) is 49.3 Å². The van der Waals surface area contributed by atoms with Crippen LogP contribution in [-0.2, 0) is 28.0 Å². The highest BCUT2D eigenvalue weighted by atomic mass is 16.5. The van der Waals surface area contributed by atoms with Gasteiger partial charge in [-0.15, -0.1) is 0 Å². The fraction of sp³-hybridized carbons (Fsp3) is 0.417. The minimum Gasteiger partial charge on any atom is -0.480 e. The van der Waals surface area contributed by atoms with Crippen molar-refractivity contribution in [2.24, 2.45) is 5.41 Å². The molecule has 0 radical (unpaired) electrons. The van der Waals surface area contributed by atoms with Crippen molar-refractivity contribution in [1.82, 2.24) is 5.32 Å². The zero-order valence-electron chi connectivity index (χ0n) is 16.7. The first-order valence-electron chi connectivity index (χ1n) is 10.3. The number of nitrogens with one attached hydrogen (secondary N) is 1. The Bertz CT molecular complexity index is 871. The van der Waals surface area contributed by atoms with Crippen LogP contribution in [0.4, 0.5) is 4.79 Å². The number of aliphatic carboxylic acids is 1. The van der Waals surface area contributed by atoms with Gasteiger partial charge in [-0.05, 0) is 47.8 Å². The van der Waals surface area contributed by atoms with Gasteiger partial charge in [0.25, 0.3) is 0 Å². The zero-order valence-corrected chi connectivity index (χ0v) is 16.7. The summed E-state index contributed by atoms with van der Waals surface area (Å²) in [4.78, 5) is 24.0. The molecule has 2 aromatic carbocycles. The maximum atomic E-state index is 12.2. The number of rotatable bonds is 8. The lowest BCUT2D eigenvalue weighted by atomic mass is 9.31. The van der Waals surface area contributed by atoms with Crippen molar-refractivity contribution in [3.05, 3.63) is 71.3 Å². The third-order valence-electron chi connectivity index (χ3n) is 6.51. The second kappa shape index (κ2) is 7.54. The summed E-state index contributed by atoms with van der Waals surface area (Å²) in [5, 5.41) is 12.3. The van der Waals surface area contributed by atoms with Gasteiger partial charge in [0.15, 0.2) is 0 Å². The molecule has 3 aliphatic carbocycles. The van der Waals surface area contributed by atoms with Crippen molar-refractivity contribution in [2.75, 3.05) is 0 Å². The minimum absolute atomic E-state index is 0.0774. The van der Waals surface area contributed by atoms with Gasteiger partial charge in [-0.1, -0.05) is 67.9 Å². The normalized spacial score (nSPS) is 25.3. The molecule has 5 rings (SSSR count). The molecule has 5 nitrogen and oxygen atoms in total. The van der Waals surface area contributed by atoms with Crippen LogP contribution in [0.3, 0.4) is 0 Å². The van der Waals surface area contributed by atoms with Gasteiger partial charge in [0.2, 0.25) is 0 Å². The number of benzene rings is 2. The maximum Gasteiger partial charge on any atom is 0.408 e. The molecular formula is C24H27NO4. The Hall–Kier alpha value is -2.82. The highest BCUT2D eigenvalue weighted by Crippen LogP contribution is 2.74. The summed E-state index contributed by atoms with van der Waals surface area (Å²) in [5.74, 6) is -0.992. The number of hydrogen-bond acceptors (Lipinski definition) is 3. The Morgan fingerprint density at radius 3 is 2.28 bits per heavy atom. The lowest BCUT2D eigenvalue weighted by molar-refractivity contribution is -0.183. The molecule has 1 atom stereocenters. The highest BCUT2D eigenvalue weighted by molar-refractivity contribution is 5.82. The van der Waals surface area contributed by atoms with Gasteiger partial charge in [-0.3, -0.25) is 0 Å². The smallest absolute Gasteiger partial charge is 0.408 e. The van der Waals surface area contributed by atoms with Crippen LogP contribution < -0.4 is 5.32 Å². The molecule has 0 heterocycles. The third-order valence-corrected chi connectivity index (χ3v) is 6.51. The second-order valence-corrected chi connectivity index (χ2v) is 8.60. The van der Waals surface area contributed by atoms with Crippen LogP contribution in [0.25, 0.3) is 0 Å². The SMILES string of the molecule is CCCc1ccc(C23CC(C(NC(=O)OCc4ccccc4)C(=O)O)(C2)C3)cc1. The molecule has 0 spiro atoms. The molecular weight excluding hydrogens is 366 g/mol. The molecule has 0 aromatic heterocycles. The molecule has 3 saturated carbocycles. The lowest BCUT2D eigenvalue weighted by Gasteiger charge is -2.72. The van der Waals surface area contributed by atoms with Gasteiger partial charge in [0.1, 0.15) is 12.6 Å². The molecule has 2 N–H and O–H groups in total. The first kappa shape index (κ1) is 19.5. The van der Waals surface area contributed by atoms with Crippen LogP contribution in [0.5, 0.6) is 0 Å². The fourth-order valence-electron chi connectivity index (χ4n) is 5.15. The summed E-state index contributed by atoms with van der Waals surface area (Å²) in [5.41, 5.74) is 3.21. The number of hydrogen-bond donors (Lipinski definition) is 2. The number of amides is 1. The van der Waals surface area contributed by atoms with Crippen molar-refractivity contribution in [3.8, 4) is 0 Å². The van der Waals surface area contributed by atoms with E-state index >= 15 is 0 Å². The third kappa shape index (κ3) is 3.61. The van der Waals surface area contributed by atoms with E-state index in [9.17, 15) is 14.7 Å². The fourth-order valence-corrected chi connectivity index (χ4v) is 5.15. The van der Waals surface area contributed by atoms with Crippen molar-refractivity contribution >= 4 is 12.1 Å². The summed E-state index contributed by atoms with van der Waals surface area (Å²) in [6.45, 7) is 2.29. The Morgan fingerprint density at radius 1 is 1.03 bits per heavy atom. The topological polar surface area (TPSA) is 75.6 Å². The van der Waals surface area contributed by atoms with Crippen molar-refractivity contribution in [2.45, 2.75) is 57.1 Å². The minimum atomic E-state index is -0.992. The number of alkyl carbamates (subject to hydrolysis) is 1. The van der Waals surface area contributed by atoms with E-state index in [0.717, 1.165) is 37.7 Å². The zero-order chi connectivity index (χ0) is 20.5. The Balaban J connectivity index is 1.35. The predicted octanol–water partition coefficient (Wildman–Crippen LogP) is 4.44. The first-order valence-corrected chi connectivity index (χ1v) is 10.3. The molecule has 152 valence electrons. The highest BCUT2D eigenvalue weighted by Gasteiger charge is 2.72. The summed E-state index contributed by atoms with van der Waals surface area (Å²) in [6.07, 6.45) is 3.91. The molecule has 1 amide bonds. The van der Waals surface area contributed by atoms with Crippen LogP contribution in [0.15, 0.2) is 54.6 Å². The number of carbonyl (C=O) groups is 2. The van der Waals surface area contributed by atoms with Gasteiger partial charge in [0, 0.05) is 5.41 Å². The van der Waals surface area contributed by atoms with Gasteiger partial charge in [0.05, 0.1) is 0 Å². The number of carboxylic acids is 1. The number of carbonyl (C=O) groups excluding carboxylic acids is 1. The first-order chi connectivity index (χ1) is 14.0. The summed E-state index contributed by atoms with van der Waals surface area (Å²) in [6, 6.07) is 17.2. The van der Waals surface area contributed by atoms with Crippen LogP contribution in [0.2, 0.25) is 0 Å². The monoisotopic (exact) mass is 393 g/mol. The average molecular weight is 393 g/mol. The lowest BCUT2D eigenvalue weighted by Crippen LogP contribution is -2.73. The summed E-state index contributed by atoms with van der Waals surface area (Å²) in [7, 11) is 0.